The fourth-order valence-corrected chi connectivity index (χ4v) is 1.33. The molecule has 0 fully saturated rings. The topological polar surface area (TPSA) is 8.81 Å². The molecule has 0 aliphatic carbocycles. The Bertz CT molecular complexity index is 270. The summed E-state index contributed by atoms with van der Waals surface area (Å²) in [7, 11) is 4.11. The average molecular weight is 151 g/mol. The van der Waals surface area contributed by atoms with Gasteiger partial charge in [-0.05, 0) is 0 Å². The van der Waals surface area contributed by atoms with Gasteiger partial charge in [0.1, 0.15) is 11.4 Å². The molecule has 0 atom stereocenters. The van der Waals surface area contributed by atoms with Gasteiger partial charge in [0, 0.05) is 19.9 Å². The Kier molecular flexibility index (Phi) is 1.85. The third kappa shape index (κ3) is 0.985. The van der Waals surface area contributed by atoms with Crippen LogP contribution >= 0.6 is 0 Å². The summed E-state index contributed by atoms with van der Waals surface area (Å²) in [6.45, 7) is 7.99. The van der Waals surface area contributed by atoms with Crippen LogP contribution in [0.3, 0.4) is 0 Å². The largest absolute Gasteiger partial charge is 0.280 e. The molecule has 0 spiro atoms. The molecule has 0 aliphatic heterocycles. The second kappa shape index (κ2) is 2.53. The Hall–Kier alpha value is -1.05. The Morgan fingerprint density at radius 1 is 1.45 bits per heavy atom. The lowest BCUT2D eigenvalue weighted by Gasteiger charge is -1.88. The van der Waals surface area contributed by atoms with E-state index in [9.17, 15) is 0 Å². The molecule has 60 valence electrons. The molecule has 1 rings (SSSR count). The van der Waals surface area contributed by atoms with Gasteiger partial charge >= 0.3 is 0 Å². The third-order valence-corrected chi connectivity index (χ3v) is 2.40. The Morgan fingerprint density at radius 2 is 2.00 bits per heavy atom. The predicted octanol–water partition coefficient (Wildman–Crippen LogP) is 1.11. The molecule has 2 heteroatoms. The number of aromatic nitrogens is 2. The summed E-state index contributed by atoms with van der Waals surface area (Å²) in [4.78, 5) is 0. The minimum Gasteiger partial charge on any atom is -0.230 e. The highest BCUT2D eigenvalue weighted by atomic mass is 15.1. The normalized spacial score (nSPS) is 10.2. The van der Waals surface area contributed by atoms with E-state index in [1.165, 1.54) is 11.4 Å². The molecule has 0 aliphatic rings. The highest BCUT2D eigenvalue weighted by Gasteiger charge is 2.16. The van der Waals surface area contributed by atoms with Gasteiger partial charge in [0.25, 0.3) is 5.82 Å². The second-order valence-corrected chi connectivity index (χ2v) is 2.85. The number of nitrogens with zero attached hydrogens (tertiary/aromatic N) is 2. The van der Waals surface area contributed by atoms with E-state index in [0.29, 0.717) is 0 Å². The van der Waals surface area contributed by atoms with Gasteiger partial charge in [0.05, 0.1) is 14.1 Å². The van der Waals surface area contributed by atoms with Crippen LogP contribution < -0.4 is 4.57 Å². The molecule has 0 N–H and O–H groups in total. The molecular formula is C9H15N2+. The van der Waals surface area contributed by atoms with Gasteiger partial charge in [0.15, 0.2) is 0 Å². The van der Waals surface area contributed by atoms with Crippen LogP contribution in [0.15, 0.2) is 6.58 Å². The minimum absolute atomic E-state index is 1.15. The van der Waals surface area contributed by atoms with Gasteiger partial charge in [-0.3, -0.25) is 0 Å². The van der Waals surface area contributed by atoms with E-state index in [-0.39, 0.29) is 0 Å². The Balaban J connectivity index is 3.47. The summed E-state index contributed by atoms with van der Waals surface area (Å²) in [6, 6.07) is 0. The summed E-state index contributed by atoms with van der Waals surface area (Å²) in [5.41, 5.74) is 2.59. The fraction of sp³-hybridized carbons (Fsp3) is 0.444. The van der Waals surface area contributed by atoms with E-state index in [4.69, 9.17) is 0 Å². The zero-order chi connectivity index (χ0) is 8.59. The molecule has 2 nitrogen and oxygen atoms in total. The zero-order valence-corrected chi connectivity index (χ0v) is 7.68. The van der Waals surface area contributed by atoms with Gasteiger partial charge in [-0.15, -0.1) is 0 Å². The van der Waals surface area contributed by atoms with Gasteiger partial charge < -0.3 is 0 Å². The first kappa shape index (κ1) is 8.05. The van der Waals surface area contributed by atoms with Crippen molar-refractivity contribution in [2.24, 2.45) is 14.1 Å². The van der Waals surface area contributed by atoms with Crippen molar-refractivity contribution in [3.63, 3.8) is 0 Å². The first-order chi connectivity index (χ1) is 5.09. The van der Waals surface area contributed by atoms with E-state index < -0.39 is 0 Å². The molecule has 0 saturated heterocycles. The molecule has 0 amide bonds. The SMILES string of the molecule is C=Cc1n(C)c(C)c(C)[n+]1C. The van der Waals surface area contributed by atoms with Crippen molar-refractivity contribution in [2.45, 2.75) is 13.8 Å². The summed E-state index contributed by atoms with van der Waals surface area (Å²) in [5, 5.41) is 0. The molecule has 1 aromatic heterocycles. The number of hydrogen-bond donors (Lipinski definition) is 0. The first-order valence-corrected chi connectivity index (χ1v) is 3.74. The monoisotopic (exact) mass is 151 g/mol. The molecule has 11 heavy (non-hydrogen) atoms. The maximum absolute atomic E-state index is 3.77. The van der Waals surface area contributed by atoms with Gasteiger partial charge in [-0.1, -0.05) is 6.58 Å². The van der Waals surface area contributed by atoms with Crippen molar-refractivity contribution in [2.75, 3.05) is 0 Å². The van der Waals surface area contributed by atoms with E-state index >= 15 is 0 Å². The van der Waals surface area contributed by atoms with Crippen LogP contribution in [0.2, 0.25) is 0 Å². The van der Waals surface area contributed by atoms with Crippen LogP contribution in [0.4, 0.5) is 0 Å². The fourth-order valence-electron chi connectivity index (χ4n) is 1.33. The maximum Gasteiger partial charge on any atom is 0.280 e. The number of rotatable bonds is 1. The molecule has 0 unspecified atom stereocenters. The van der Waals surface area contributed by atoms with E-state index in [1.54, 1.807) is 0 Å². The second-order valence-electron chi connectivity index (χ2n) is 2.85. The first-order valence-electron chi connectivity index (χ1n) is 3.74. The molecular weight excluding hydrogens is 136 g/mol. The lowest BCUT2D eigenvalue weighted by atomic mass is 10.4. The quantitative estimate of drug-likeness (QED) is 0.532. The van der Waals surface area contributed by atoms with Crippen molar-refractivity contribution in [3.8, 4) is 0 Å². The third-order valence-electron chi connectivity index (χ3n) is 2.40. The summed E-state index contributed by atoms with van der Waals surface area (Å²) < 4.78 is 4.28. The van der Waals surface area contributed by atoms with Crippen LogP contribution in [-0.2, 0) is 14.1 Å². The molecule has 0 saturated carbocycles. The lowest BCUT2D eigenvalue weighted by Crippen LogP contribution is -2.33. The van der Waals surface area contributed by atoms with Crippen LogP contribution in [0.5, 0.6) is 0 Å². The van der Waals surface area contributed by atoms with E-state index in [2.05, 4.69) is 43.7 Å². The van der Waals surface area contributed by atoms with E-state index in [0.717, 1.165) is 5.82 Å². The van der Waals surface area contributed by atoms with Crippen LogP contribution in [0.25, 0.3) is 6.08 Å². The number of hydrogen-bond acceptors (Lipinski definition) is 0. The highest BCUT2D eigenvalue weighted by molar-refractivity contribution is 5.34. The zero-order valence-electron chi connectivity index (χ0n) is 7.68. The van der Waals surface area contributed by atoms with Crippen molar-refractivity contribution >= 4 is 6.08 Å². The van der Waals surface area contributed by atoms with Crippen LogP contribution in [0, 0.1) is 13.8 Å². The molecule has 0 radical (unpaired) electrons. The van der Waals surface area contributed by atoms with E-state index in [1.807, 2.05) is 6.08 Å². The predicted molar refractivity (Wildman–Crippen MR) is 46.2 cm³/mol. The summed E-state index contributed by atoms with van der Waals surface area (Å²) in [6.07, 6.45) is 1.88. The van der Waals surface area contributed by atoms with Crippen molar-refractivity contribution in [1.82, 2.24) is 4.57 Å². The van der Waals surface area contributed by atoms with Gasteiger partial charge in [-0.25, -0.2) is 9.13 Å². The smallest absolute Gasteiger partial charge is 0.230 e. The molecule has 1 heterocycles. The maximum atomic E-state index is 3.77. The van der Waals surface area contributed by atoms with Gasteiger partial charge in [0.2, 0.25) is 0 Å². The molecule has 0 bridgehead atoms. The average Bonchev–Trinajstić information content (AvgIpc) is 2.17. The van der Waals surface area contributed by atoms with Crippen molar-refractivity contribution in [3.05, 3.63) is 23.8 Å². The van der Waals surface area contributed by atoms with Crippen molar-refractivity contribution in [1.29, 1.82) is 0 Å². The number of imidazole rings is 1. The minimum atomic E-state index is 1.15. The van der Waals surface area contributed by atoms with Crippen molar-refractivity contribution < 1.29 is 4.57 Å². The summed E-state index contributed by atoms with van der Waals surface area (Å²) >= 11 is 0. The van der Waals surface area contributed by atoms with Crippen LogP contribution in [0.1, 0.15) is 17.2 Å². The molecule has 0 aromatic carbocycles. The van der Waals surface area contributed by atoms with Gasteiger partial charge in [-0.2, -0.15) is 0 Å². The molecule has 1 aromatic rings. The van der Waals surface area contributed by atoms with Crippen LogP contribution in [-0.4, -0.2) is 4.57 Å². The lowest BCUT2D eigenvalue weighted by molar-refractivity contribution is -0.678. The standard InChI is InChI=1S/C9H15N2/c1-6-9-10(4)7(2)8(3)11(9)5/h6H,1H2,2-5H3/q+1. The highest BCUT2D eigenvalue weighted by Crippen LogP contribution is 2.05. The Morgan fingerprint density at radius 3 is 2.18 bits per heavy atom. The summed E-state index contributed by atoms with van der Waals surface area (Å²) in [5.74, 6) is 1.15. The Labute approximate surface area is 67.8 Å².